The summed E-state index contributed by atoms with van der Waals surface area (Å²) in [4.78, 5) is 8.29. The highest BCUT2D eigenvalue weighted by Crippen LogP contribution is 2.41. The van der Waals surface area contributed by atoms with E-state index in [1.54, 1.807) is 30.8 Å². The summed E-state index contributed by atoms with van der Waals surface area (Å²) in [5, 5.41) is 3.30. The molecule has 1 N–H and O–H groups in total. The third kappa shape index (κ3) is 3.71. The van der Waals surface area contributed by atoms with Crippen LogP contribution in [0, 0.1) is 0 Å². The van der Waals surface area contributed by atoms with Crippen LogP contribution in [0.15, 0.2) is 46.7 Å². The van der Waals surface area contributed by atoms with Gasteiger partial charge in [-0.3, -0.25) is 0 Å². The van der Waals surface area contributed by atoms with E-state index in [-0.39, 0.29) is 11.7 Å². The molecule has 0 saturated carbocycles. The lowest BCUT2D eigenvalue weighted by atomic mass is 10.0. The van der Waals surface area contributed by atoms with Gasteiger partial charge >= 0.3 is 0 Å². The number of nitrogens with zero attached hydrogens (tertiary/aromatic N) is 1. The van der Waals surface area contributed by atoms with Crippen LogP contribution in [0.5, 0.6) is 0 Å². The quantitative estimate of drug-likeness (QED) is 0.547. The zero-order valence-corrected chi connectivity index (χ0v) is 18.2. The summed E-state index contributed by atoms with van der Waals surface area (Å²) >= 11 is 14.9. The van der Waals surface area contributed by atoms with Gasteiger partial charge in [0.05, 0.1) is 21.2 Å². The Balaban J connectivity index is 1.65. The molecule has 0 spiro atoms. The molecule has 2 aromatic carbocycles. The molecule has 1 aromatic heterocycles. The van der Waals surface area contributed by atoms with E-state index in [1.807, 2.05) is 18.2 Å². The number of sulfone groups is 1. The van der Waals surface area contributed by atoms with E-state index in [2.05, 4.69) is 21.5 Å². The molecule has 4 nitrogen and oxygen atoms in total. The van der Waals surface area contributed by atoms with Gasteiger partial charge in [-0.05, 0) is 34.7 Å². The van der Waals surface area contributed by atoms with Gasteiger partial charge in [-0.2, -0.15) is 0 Å². The van der Waals surface area contributed by atoms with Gasteiger partial charge in [0.1, 0.15) is 11.3 Å². The Labute approximate surface area is 178 Å². The first kappa shape index (κ1) is 19.8. The first-order valence-electron chi connectivity index (χ1n) is 8.85. The second kappa shape index (κ2) is 7.75. The van der Waals surface area contributed by atoms with Gasteiger partial charge in [-0.1, -0.05) is 48.3 Å². The number of nitrogens with one attached hydrogen (secondary N) is 1. The largest absolute Gasteiger partial charge is 0.342 e. The average molecular weight is 453 g/mol. The lowest BCUT2D eigenvalue weighted by molar-refractivity contribution is 0.597. The van der Waals surface area contributed by atoms with Crippen molar-refractivity contribution in [3.63, 3.8) is 0 Å². The molecule has 146 valence electrons. The number of benzene rings is 2. The van der Waals surface area contributed by atoms with Crippen LogP contribution in [0.25, 0.3) is 11.0 Å². The van der Waals surface area contributed by atoms with Crippen LogP contribution in [0.4, 0.5) is 0 Å². The Morgan fingerprint density at radius 3 is 2.64 bits per heavy atom. The molecule has 0 fully saturated rings. The van der Waals surface area contributed by atoms with Crippen LogP contribution in [0.2, 0.25) is 10.0 Å². The molecule has 0 radical (unpaired) electrons. The minimum atomic E-state index is -3.19. The molecule has 4 rings (SSSR count). The summed E-state index contributed by atoms with van der Waals surface area (Å²) in [5.41, 5.74) is 3.40. The molecule has 1 aliphatic rings. The van der Waals surface area contributed by atoms with Gasteiger partial charge in [0.2, 0.25) is 0 Å². The fourth-order valence-electron chi connectivity index (χ4n) is 3.29. The molecule has 0 amide bonds. The third-order valence-electron chi connectivity index (χ3n) is 4.84. The maximum absolute atomic E-state index is 11.9. The highest BCUT2D eigenvalue weighted by Gasteiger charge is 2.22. The fraction of sp³-hybridized carbons (Fsp3) is 0.250. The van der Waals surface area contributed by atoms with Crippen molar-refractivity contribution in [2.45, 2.75) is 24.2 Å². The van der Waals surface area contributed by atoms with Crippen molar-refractivity contribution >= 4 is 55.8 Å². The van der Waals surface area contributed by atoms with Crippen molar-refractivity contribution in [2.75, 3.05) is 11.5 Å². The predicted octanol–water partition coefficient (Wildman–Crippen LogP) is 5.60. The Morgan fingerprint density at radius 2 is 2.00 bits per heavy atom. The number of H-pyrrole nitrogens is 1. The van der Waals surface area contributed by atoms with Crippen LogP contribution in [-0.2, 0) is 16.3 Å². The summed E-state index contributed by atoms with van der Waals surface area (Å²) in [6.45, 7) is 1.64. The van der Waals surface area contributed by atoms with Crippen LogP contribution in [-0.4, -0.2) is 29.9 Å². The third-order valence-corrected chi connectivity index (χ3v) is 8.19. The average Bonchev–Trinajstić information content (AvgIpc) is 3.32. The molecule has 8 heteroatoms. The second-order valence-corrected chi connectivity index (χ2v) is 10.7. The van der Waals surface area contributed by atoms with Crippen LogP contribution in [0.1, 0.15) is 29.8 Å². The van der Waals surface area contributed by atoms with Crippen LogP contribution >= 0.6 is 35.0 Å². The molecular formula is C20H18Cl2N2O2S2. The Morgan fingerprint density at radius 1 is 1.25 bits per heavy atom. The highest BCUT2D eigenvalue weighted by molar-refractivity contribution is 8.02. The summed E-state index contributed by atoms with van der Waals surface area (Å²) in [5.74, 6) is 1.97. The minimum absolute atomic E-state index is 0.0895. The first-order chi connectivity index (χ1) is 13.4. The van der Waals surface area contributed by atoms with Crippen LogP contribution in [0.3, 0.4) is 0 Å². The molecule has 28 heavy (non-hydrogen) atoms. The van der Waals surface area contributed by atoms with E-state index < -0.39 is 9.84 Å². The molecule has 1 aliphatic heterocycles. The van der Waals surface area contributed by atoms with Crippen molar-refractivity contribution in [2.24, 2.45) is 0 Å². The summed E-state index contributed by atoms with van der Waals surface area (Å²) in [6, 6.07) is 8.79. The molecule has 0 saturated heterocycles. The van der Waals surface area contributed by atoms with Gasteiger partial charge < -0.3 is 4.98 Å². The Kier molecular flexibility index (Phi) is 5.49. The fourth-order valence-corrected chi connectivity index (χ4v) is 5.85. The van der Waals surface area contributed by atoms with E-state index >= 15 is 0 Å². The molecule has 3 aromatic rings. The van der Waals surface area contributed by atoms with E-state index in [9.17, 15) is 8.42 Å². The number of aromatic nitrogens is 2. The van der Waals surface area contributed by atoms with Gasteiger partial charge in [0.15, 0.2) is 9.84 Å². The molecular weight excluding hydrogens is 435 g/mol. The van der Waals surface area contributed by atoms with Gasteiger partial charge in [0, 0.05) is 23.1 Å². The number of halogens is 2. The van der Waals surface area contributed by atoms with E-state index in [4.69, 9.17) is 23.2 Å². The van der Waals surface area contributed by atoms with Gasteiger partial charge in [0.25, 0.3) is 0 Å². The van der Waals surface area contributed by atoms with Crippen molar-refractivity contribution in [1.82, 2.24) is 9.97 Å². The minimum Gasteiger partial charge on any atom is -0.342 e. The maximum atomic E-state index is 11.9. The van der Waals surface area contributed by atoms with Gasteiger partial charge in [-0.25, -0.2) is 13.4 Å². The standard InChI is InChI=1S/C20H18Cl2N2O2S2/c1-2-28(25,26)14-5-3-12(4-6-14)9-17-23-16-10-15(21)18(13-7-8-27-11-13)19(22)20(16)24-17/h3-8,10,13H,2,9,11H2,1H3,(H,23,24). The van der Waals surface area contributed by atoms with Gasteiger partial charge in [-0.15, -0.1) is 11.8 Å². The predicted molar refractivity (Wildman–Crippen MR) is 117 cm³/mol. The van der Waals surface area contributed by atoms with E-state index in [0.29, 0.717) is 26.9 Å². The highest BCUT2D eigenvalue weighted by atomic mass is 35.5. The summed E-state index contributed by atoms with van der Waals surface area (Å²) < 4.78 is 23.9. The number of allylic oxidation sites excluding steroid dienone is 1. The van der Waals surface area contributed by atoms with Crippen molar-refractivity contribution in [3.05, 3.63) is 68.8 Å². The lowest BCUT2D eigenvalue weighted by Gasteiger charge is -2.12. The summed E-state index contributed by atoms with van der Waals surface area (Å²) in [6.07, 6.45) is 2.66. The Bertz CT molecular complexity index is 1170. The molecule has 1 unspecified atom stereocenters. The van der Waals surface area contributed by atoms with Crippen molar-refractivity contribution < 1.29 is 8.42 Å². The number of hydrogen-bond donors (Lipinski definition) is 1. The molecule has 2 heterocycles. The number of aromatic amines is 1. The number of thioether (sulfide) groups is 1. The molecule has 0 bridgehead atoms. The Hall–Kier alpha value is -1.47. The number of rotatable bonds is 5. The van der Waals surface area contributed by atoms with Crippen LogP contribution < -0.4 is 0 Å². The number of imidazole rings is 1. The van der Waals surface area contributed by atoms with E-state index in [1.165, 1.54) is 0 Å². The number of fused-ring (bicyclic) bond motifs is 1. The molecule has 1 atom stereocenters. The number of hydrogen-bond acceptors (Lipinski definition) is 4. The summed E-state index contributed by atoms with van der Waals surface area (Å²) in [7, 11) is -3.19. The van der Waals surface area contributed by atoms with E-state index in [0.717, 1.165) is 28.2 Å². The first-order valence-corrected chi connectivity index (χ1v) is 12.3. The zero-order chi connectivity index (χ0) is 19.9. The smallest absolute Gasteiger partial charge is 0.178 e. The topological polar surface area (TPSA) is 62.8 Å². The zero-order valence-electron chi connectivity index (χ0n) is 15.1. The maximum Gasteiger partial charge on any atom is 0.178 e. The molecule has 0 aliphatic carbocycles. The monoisotopic (exact) mass is 452 g/mol. The lowest BCUT2D eigenvalue weighted by Crippen LogP contribution is -2.03. The normalized spacial score (nSPS) is 16.9. The second-order valence-electron chi connectivity index (χ2n) is 6.66. The van der Waals surface area contributed by atoms with Crippen molar-refractivity contribution in [1.29, 1.82) is 0 Å². The SMILES string of the molecule is CCS(=O)(=O)c1ccc(Cc2nc3c(Cl)c(C4C=CSC4)c(Cl)cc3[nH]2)cc1. The van der Waals surface area contributed by atoms with Crippen molar-refractivity contribution in [3.8, 4) is 0 Å².